The Balaban J connectivity index is 2.08. The number of carbonyl (C=O) groups excluding carboxylic acids is 1. The summed E-state index contributed by atoms with van der Waals surface area (Å²) >= 11 is 1.08. The predicted octanol–water partition coefficient (Wildman–Crippen LogP) is 1.22. The van der Waals surface area contributed by atoms with Crippen LogP contribution in [0.1, 0.15) is 10.4 Å². The summed E-state index contributed by atoms with van der Waals surface area (Å²) in [5.74, 6) is -0.855. The van der Waals surface area contributed by atoms with Gasteiger partial charge in [0.25, 0.3) is 0 Å². The van der Waals surface area contributed by atoms with Crippen molar-refractivity contribution in [3.63, 3.8) is 0 Å². The quantitative estimate of drug-likeness (QED) is 0.668. The highest BCUT2D eigenvalue weighted by atomic mass is 32.2. The Hall–Kier alpha value is -1.89. The minimum Gasteiger partial charge on any atom is -0.293 e. The maximum absolute atomic E-state index is 13.3. The van der Waals surface area contributed by atoms with E-state index in [9.17, 15) is 14.0 Å². The van der Waals surface area contributed by atoms with Crippen LogP contribution in [-0.2, 0) is 7.05 Å². The van der Waals surface area contributed by atoms with E-state index in [1.54, 1.807) is 13.1 Å². The lowest BCUT2D eigenvalue weighted by Gasteiger charge is -2.01. The molecule has 0 saturated carbocycles. The second kappa shape index (κ2) is 5.18. The molecule has 0 fully saturated rings. The molecule has 1 aromatic carbocycles. The number of ketones is 1. The summed E-state index contributed by atoms with van der Waals surface area (Å²) in [6.45, 7) is 0. The van der Waals surface area contributed by atoms with E-state index in [1.165, 1.54) is 22.8 Å². The molecule has 0 unspecified atom stereocenters. The molecule has 0 bridgehead atoms. The molecule has 0 radical (unpaired) electrons. The Labute approximate surface area is 106 Å². The van der Waals surface area contributed by atoms with Crippen LogP contribution in [0.3, 0.4) is 0 Å². The Morgan fingerprint density at radius 1 is 1.50 bits per heavy atom. The fourth-order valence-electron chi connectivity index (χ4n) is 1.36. The van der Waals surface area contributed by atoms with Crippen LogP contribution in [0.4, 0.5) is 4.39 Å². The molecular weight excluding hydrogens is 257 g/mol. The first-order valence-corrected chi connectivity index (χ1v) is 6.10. The van der Waals surface area contributed by atoms with E-state index in [4.69, 9.17) is 0 Å². The molecule has 0 aliphatic heterocycles. The SMILES string of the molecule is Cn1c(SCC(=O)c2ccccc2F)n[nH]c1=O. The van der Waals surface area contributed by atoms with Crippen molar-refractivity contribution >= 4 is 17.5 Å². The van der Waals surface area contributed by atoms with Crippen molar-refractivity contribution in [2.75, 3.05) is 5.75 Å². The Kier molecular flexibility index (Phi) is 3.61. The number of halogens is 1. The normalized spacial score (nSPS) is 10.6. The number of aromatic nitrogens is 3. The highest BCUT2D eigenvalue weighted by Crippen LogP contribution is 2.16. The van der Waals surface area contributed by atoms with Crippen molar-refractivity contribution in [3.05, 3.63) is 46.1 Å². The van der Waals surface area contributed by atoms with Crippen molar-refractivity contribution in [1.82, 2.24) is 14.8 Å². The average Bonchev–Trinajstić information content (AvgIpc) is 2.68. The fraction of sp³-hybridized carbons (Fsp3) is 0.182. The van der Waals surface area contributed by atoms with E-state index < -0.39 is 5.82 Å². The topological polar surface area (TPSA) is 67.8 Å². The highest BCUT2D eigenvalue weighted by molar-refractivity contribution is 7.99. The minimum atomic E-state index is -0.543. The van der Waals surface area contributed by atoms with Crippen LogP contribution in [0.2, 0.25) is 0 Å². The van der Waals surface area contributed by atoms with Crippen molar-refractivity contribution in [2.45, 2.75) is 5.16 Å². The number of thioether (sulfide) groups is 1. The van der Waals surface area contributed by atoms with Crippen molar-refractivity contribution in [1.29, 1.82) is 0 Å². The van der Waals surface area contributed by atoms with Gasteiger partial charge in [-0.25, -0.2) is 14.3 Å². The molecule has 0 spiro atoms. The molecule has 0 aliphatic rings. The van der Waals surface area contributed by atoms with E-state index in [0.29, 0.717) is 5.16 Å². The number of hydrogen-bond donors (Lipinski definition) is 1. The van der Waals surface area contributed by atoms with Gasteiger partial charge in [0.2, 0.25) is 0 Å². The van der Waals surface area contributed by atoms with Crippen LogP contribution in [0.5, 0.6) is 0 Å². The lowest BCUT2D eigenvalue weighted by Crippen LogP contribution is -2.13. The minimum absolute atomic E-state index is 0.0269. The molecule has 2 aromatic rings. The van der Waals surface area contributed by atoms with Gasteiger partial charge < -0.3 is 0 Å². The van der Waals surface area contributed by atoms with Crippen molar-refractivity contribution in [2.24, 2.45) is 7.05 Å². The number of hydrogen-bond acceptors (Lipinski definition) is 4. The Morgan fingerprint density at radius 2 is 2.22 bits per heavy atom. The molecule has 1 aromatic heterocycles. The second-order valence-corrected chi connectivity index (χ2v) is 4.50. The van der Waals surface area contributed by atoms with E-state index in [1.807, 2.05) is 0 Å². The van der Waals surface area contributed by atoms with Gasteiger partial charge in [0.15, 0.2) is 10.9 Å². The third kappa shape index (κ3) is 2.51. The molecule has 2 rings (SSSR count). The first-order chi connectivity index (χ1) is 8.59. The zero-order chi connectivity index (χ0) is 13.1. The predicted molar refractivity (Wildman–Crippen MR) is 65.3 cm³/mol. The summed E-state index contributed by atoms with van der Waals surface area (Å²) < 4.78 is 14.6. The van der Waals surface area contributed by atoms with Crippen LogP contribution in [0, 0.1) is 5.82 Å². The molecule has 1 N–H and O–H groups in total. The molecule has 5 nitrogen and oxygen atoms in total. The third-order valence-corrected chi connectivity index (χ3v) is 3.38. The van der Waals surface area contributed by atoms with E-state index in [0.717, 1.165) is 11.8 Å². The summed E-state index contributed by atoms with van der Waals surface area (Å²) in [5, 5.41) is 6.40. The first kappa shape index (κ1) is 12.6. The number of benzene rings is 1. The van der Waals surface area contributed by atoms with E-state index >= 15 is 0 Å². The summed E-state index contributed by atoms with van der Waals surface area (Å²) in [7, 11) is 1.54. The van der Waals surface area contributed by atoms with Gasteiger partial charge in [0, 0.05) is 7.05 Å². The molecule has 0 aliphatic carbocycles. The van der Waals surface area contributed by atoms with Crippen LogP contribution in [0.25, 0.3) is 0 Å². The largest absolute Gasteiger partial charge is 0.343 e. The number of carbonyl (C=O) groups is 1. The summed E-state index contributed by atoms with van der Waals surface area (Å²) in [4.78, 5) is 22.9. The van der Waals surface area contributed by atoms with Gasteiger partial charge in [0.1, 0.15) is 5.82 Å². The van der Waals surface area contributed by atoms with Crippen LogP contribution in [-0.4, -0.2) is 26.3 Å². The molecule has 7 heteroatoms. The van der Waals surface area contributed by atoms with Crippen LogP contribution < -0.4 is 5.69 Å². The van der Waals surface area contributed by atoms with Crippen molar-refractivity contribution < 1.29 is 9.18 Å². The maximum atomic E-state index is 13.3. The summed E-state index contributed by atoms with van der Waals surface area (Å²) in [6, 6.07) is 5.80. The number of nitrogens with zero attached hydrogens (tertiary/aromatic N) is 2. The number of Topliss-reactive ketones (excluding diaryl/α,β-unsaturated/α-hetero) is 1. The van der Waals surface area contributed by atoms with E-state index in [2.05, 4.69) is 10.2 Å². The molecule has 0 saturated heterocycles. The molecule has 18 heavy (non-hydrogen) atoms. The maximum Gasteiger partial charge on any atom is 0.343 e. The van der Waals surface area contributed by atoms with Gasteiger partial charge in [-0.15, -0.1) is 5.10 Å². The standard InChI is InChI=1S/C11H10FN3O2S/c1-15-10(17)13-14-11(15)18-6-9(16)7-4-2-3-5-8(7)12/h2-5H,6H2,1H3,(H,13,17). The number of nitrogens with one attached hydrogen (secondary N) is 1. The van der Waals surface area contributed by atoms with Crippen LogP contribution >= 0.6 is 11.8 Å². The van der Waals surface area contributed by atoms with Gasteiger partial charge in [-0.3, -0.25) is 9.36 Å². The first-order valence-electron chi connectivity index (χ1n) is 5.11. The monoisotopic (exact) mass is 267 g/mol. The molecular formula is C11H10FN3O2S. The highest BCUT2D eigenvalue weighted by Gasteiger charge is 2.13. The third-order valence-electron chi connectivity index (χ3n) is 2.35. The van der Waals surface area contributed by atoms with Gasteiger partial charge in [-0.1, -0.05) is 23.9 Å². The zero-order valence-electron chi connectivity index (χ0n) is 9.51. The molecule has 0 amide bonds. The van der Waals surface area contributed by atoms with Gasteiger partial charge in [0.05, 0.1) is 11.3 Å². The number of aromatic amines is 1. The summed E-state index contributed by atoms with van der Waals surface area (Å²) in [6.07, 6.45) is 0. The fourth-order valence-corrected chi connectivity index (χ4v) is 2.16. The van der Waals surface area contributed by atoms with Gasteiger partial charge in [-0.2, -0.15) is 0 Å². The van der Waals surface area contributed by atoms with Crippen molar-refractivity contribution in [3.8, 4) is 0 Å². The average molecular weight is 267 g/mol. The summed E-state index contributed by atoms with van der Waals surface area (Å²) in [5.41, 5.74) is -0.304. The van der Waals surface area contributed by atoms with E-state index in [-0.39, 0.29) is 22.8 Å². The molecule has 94 valence electrons. The second-order valence-electron chi connectivity index (χ2n) is 3.56. The molecule has 1 heterocycles. The number of H-pyrrole nitrogens is 1. The van der Waals surface area contributed by atoms with Gasteiger partial charge in [-0.05, 0) is 12.1 Å². The molecule has 0 atom stereocenters. The lowest BCUT2D eigenvalue weighted by molar-refractivity contribution is 0.101. The Morgan fingerprint density at radius 3 is 2.83 bits per heavy atom. The van der Waals surface area contributed by atoms with Crippen LogP contribution in [0.15, 0.2) is 34.2 Å². The zero-order valence-corrected chi connectivity index (χ0v) is 10.3. The Bertz CT molecular complexity index is 635. The lowest BCUT2D eigenvalue weighted by atomic mass is 10.1. The smallest absolute Gasteiger partial charge is 0.293 e. The van der Waals surface area contributed by atoms with Gasteiger partial charge >= 0.3 is 5.69 Å². The number of rotatable bonds is 4.